The summed E-state index contributed by atoms with van der Waals surface area (Å²) in [6, 6.07) is 2.02. The van der Waals surface area contributed by atoms with E-state index in [4.69, 9.17) is 11.7 Å². The van der Waals surface area contributed by atoms with Crippen molar-refractivity contribution in [1.82, 2.24) is 0 Å². The molecule has 1 heteroatoms. The second kappa shape index (κ2) is 11.8. The number of rotatable bonds is 2. The van der Waals surface area contributed by atoms with Gasteiger partial charge in [0, 0.05) is 12.3 Å². The Morgan fingerprint density at radius 1 is 1.45 bits per heavy atom. The molecule has 0 aliphatic rings. The first-order valence-electron chi connectivity index (χ1n) is 4.05. The van der Waals surface area contributed by atoms with Crippen molar-refractivity contribution in [3.8, 4) is 18.4 Å². The van der Waals surface area contributed by atoms with Crippen LogP contribution in [0.25, 0.3) is 0 Å². The third-order valence-corrected chi connectivity index (χ3v) is 1.26. The molecular weight excluding hydrogens is 134 g/mol. The highest BCUT2D eigenvalue weighted by molar-refractivity contribution is 4.88. The van der Waals surface area contributed by atoms with E-state index in [1.165, 1.54) is 0 Å². The van der Waals surface area contributed by atoms with Gasteiger partial charge in [-0.2, -0.15) is 5.26 Å². The Kier molecular flexibility index (Phi) is 13.6. The minimum absolute atomic E-state index is 0.463. The Balaban J connectivity index is 0. The van der Waals surface area contributed by atoms with Gasteiger partial charge in [0.2, 0.25) is 0 Å². The van der Waals surface area contributed by atoms with Crippen molar-refractivity contribution in [1.29, 1.82) is 5.26 Å². The molecule has 0 aliphatic heterocycles. The molecule has 0 heterocycles. The van der Waals surface area contributed by atoms with E-state index in [9.17, 15) is 0 Å². The van der Waals surface area contributed by atoms with Crippen molar-refractivity contribution < 1.29 is 0 Å². The molecule has 11 heavy (non-hydrogen) atoms. The maximum atomic E-state index is 7.82. The minimum Gasteiger partial charge on any atom is -0.198 e. The van der Waals surface area contributed by atoms with E-state index in [0.29, 0.717) is 12.3 Å². The Morgan fingerprint density at radius 3 is 2.00 bits per heavy atom. The van der Waals surface area contributed by atoms with Crippen LogP contribution >= 0.6 is 0 Å². The molecule has 0 aromatic rings. The van der Waals surface area contributed by atoms with Gasteiger partial charge in [0.1, 0.15) is 0 Å². The molecule has 0 fully saturated rings. The van der Waals surface area contributed by atoms with E-state index in [0.717, 1.165) is 12.8 Å². The maximum Gasteiger partial charge on any atom is 0.0621 e. The van der Waals surface area contributed by atoms with Gasteiger partial charge in [0.15, 0.2) is 0 Å². The Morgan fingerprint density at radius 2 is 2.00 bits per heavy atom. The first-order chi connectivity index (χ1) is 5.22. The zero-order chi connectivity index (χ0) is 9.11. The zero-order valence-corrected chi connectivity index (χ0v) is 7.72. The first-order valence-corrected chi connectivity index (χ1v) is 4.05. The van der Waals surface area contributed by atoms with Crippen LogP contribution in [-0.4, -0.2) is 0 Å². The third-order valence-electron chi connectivity index (χ3n) is 1.26. The highest BCUT2D eigenvalue weighted by atomic mass is 14.2. The maximum absolute atomic E-state index is 7.82. The van der Waals surface area contributed by atoms with E-state index >= 15 is 0 Å². The zero-order valence-electron chi connectivity index (χ0n) is 7.72. The van der Waals surface area contributed by atoms with E-state index < -0.39 is 0 Å². The standard InChI is InChI=1S/C6H10.C4H7N/c1-4-6(3)5-2;1-2-3-4-5/h1,6H,5H2,2-3H3;2-3H2,1H3. The fourth-order valence-corrected chi connectivity index (χ4v) is 0.230. The molecular formula is C10H17N. The van der Waals surface area contributed by atoms with Crippen molar-refractivity contribution in [2.24, 2.45) is 5.92 Å². The minimum atomic E-state index is 0.463. The summed E-state index contributed by atoms with van der Waals surface area (Å²) in [5, 5.41) is 7.82. The summed E-state index contributed by atoms with van der Waals surface area (Å²) in [6.07, 6.45) is 7.80. The molecule has 0 rings (SSSR count). The van der Waals surface area contributed by atoms with Crippen LogP contribution in [0.5, 0.6) is 0 Å². The van der Waals surface area contributed by atoms with Crippen molar-refractivity contribution in [3.63, 3.8) is 0 Å². The summed E-state index contributed by atoms with van der Waals surface area (Å²) in [6.45, 7) is 6.12. The van der Waals surface area contributed by atoms with Crippen LogP contribution in [0, 0.1) is 29.6 Å². The number of unbranched alkanes of at least 4 members (excludes halogenated alkanes) is 1. The van der Waals surface area contributed by atoms with E-state index in [1.54, 1.807) is 0 Å². The van der Waals surface area contributed by atoms with Gasteiger partial charge in [0.25, 0.3) is 0 Å². The van der Waals surface area contributed by atoms with Gasteiger partial charge in [0.05, 0.1) is 6.07 Å². The summed E-state index contributed by atoms with van der Waals surface area (Å²) in [5.74, 6) is 3.08. The smallest absolute Gasteiger partial charge is 0.0621 e. The van der Waals surface area contributed by atoms with Crippen LogP contribution in [0.15, 0.2) is 0 Å². The van der Waals surface area contributed by atoms with Gasteiger partial charge in [-0.05, 0) is 12.8 Å². The molecule has 0 amide bonds. The van der Waals surface area contributed by atoms with E-state index in [-0.39, 0.29) is 0 Å². The molecule has 1 atom stereocenters. The first kappa shape index (κ1) is 12.7. The number of hydrogen-bond donors (Lipinski definition) is 0. The average Bonchev–Trinajstić information content (AvgIpc) is 2.06. The van der Waals surface area contributed by atoms with Gasteiger partial charge in [-0.3, -0.25) is 0 Å². The monoisotopic (exact) mass is 151 g/mol. The highest BCUT2D eigenvalue weighted by Gasteiger charge is 1.84. The van der Waals surface area contributed by atoms with Crippen LogP contribution < -0.4 is 0 Å². The molecule has 0 aromatic carbocycles. The van der Waals surface area contributed by atoms with Gasteiger partial charge >= 0.3 is 0 Å². The largest absolute Gasteiger partial charge is 0.198 e. The summed E-state index contributed by atoms with van der Waals surface area (Å²) in [4.78, 5) is 0. The van der Waals surface area contributed by atoms with Crippen LogP contribution in [0.1, 0.15) is 40.0 Å². The van der Waals surface area contributed by atoms with Crippen LogP contribution in [-0.2, 0) is 0 Å². The number of terminal acetylenes is 1. The predicted octanol–water partition coefficient (Wildman–Crippen LogP) is 2.98. The quantitative estimate of drug-likeness (QED) is 0.556. The molecule has 62 valence electrons. The molecule has 1 unspecified atom stereocenters. The Hall–Kier alpha value is -0.950. The van der Waals surface area contributed by atoms with Gasteiger partial charge in [-0.15, -0.1) is 12.3 Å². The van der Waals surface area contributed by atoms with Crippen molar-refractivity contribution in [3.05, 3.63) is 0 Å². The Bertz CT molecular complexity index is 136. The van der Waals surface area contributed by atoms with E-state index in [1.807, 2.05) is 19.9 Å². The molecule has 0 radical (unpaired) electrons. The van der Waals surface area contributed by atoms with Crippen molar-refractivity contribution in [2.75, 3.05) is 0 Å². The molecule has 0 N–H and O–H groups in total. The molecule has 0 bridgehead atoms. The summed E-state index contributed by atoms with van der Waals surface area (Å²) in [7, 11) is 0. The van der Waals surface area contributed by atoms with Gasteiger partial charge in [-0.1, -0.05) is 20.8 Å². The molecule has 0 aromatic heterocycles. The SMILES string of the molecule is C#CC(C)CC.CCCC#N. The molecule has 0 saturated carbocycles. The number of nitriles is 1. The van der Waals surface area contributed by atoms with Crippen LogP contribution in [0.3, 0.4) is 0 Å². The second-order valence-electron chi connectivity index (χ2n) is 2.38. The summed E-state index contributed by atoms with van der Waals surface area (Å²) >= 11 is 0. The van der Waals surface area contributed by atoms with E-state index in [2.05, 4.69) is 12.8 Å². The lowest BCUT2D eigenvalue weighted by Crippen LogP contribution is -1.81. The highest BCUT2D eigenvalue weighted by Crippen LogP contribution is 1.94. The summed E-state index contributed by atoms with van der Waals surface area (Å²) < 4.78 is 0. The van der Waals surface area contributed by atoms with Gasteiger partial charge < -0.3 is 0 Å². The fourth-order valence-electron chi connectivity index (χ4n) is 0.230. The number of hydrogen-bond acceptors (Lipinski definition) is 1. The lowest BCUT2D eigenvalue weighted by Gasteiger charge is -1.90. The topological polar surface area (TPSA) is 23.8 Å². The second-order valence-corrected chi connectivity index (χ2v) is 2.38. The predicted molar refractivity (Wildman–Crippen MR) is 48.8 cm³/mol. The lowest BCUT2D eigenvalue weighted by atomic mass is 10.1. The average molecular weight is 151 g/mol. The fraction of sp³-hybridized carbons (Fsp3) is 0.700. The molecule has 0 saturated heterocycles. The van der Waals surface area contributed by atoms with Gasteiger partial charge in [-0.25, -0.2) is 0 Å². The molecule has 0 aliphatic carbocycles. The van der Waals surface area contributed by atoms with Crippen molar-refractivity contribution in [2.45, 2.75) is 40.0 Å². The van der Waals surface area contributed by atoms with Crippen LogP contribution in [0.2, 0.25) is 0 Å². The lowest BCUT2D eigenvalue weighted by molar-refractivity contribution is 0.724. The molecule has 0 spiro atoms. The third kappa shape index (κ3) is 17.6. The molecule has 1 nitrogen and oxygen atoms in total. The summed E-state index contributed by atoms with van der Waals surface area (Å²) in [5.41, 5.74) is 0. The van der Waals surface area contributed by atoms with Crippen molar-refractivity contribution >= 4 is 0 Å². The number of nitrogens with zero attached hydrogens (tertiary/aromatic N) is 1. The normalized spacial score (nSPS) is 9.91. The van der Waals surface area contributed by atoms with Crippen LogP contribution in [0.4, 0.5) is 0 Å². The Labute approximate surface area is 70.4 Å².